The number of hydrogen-bond donors (Lipinski definition) is 2. The lowest BCUT2D eigenvalue weighted by atomic mass is 10.1. The first kappa shape index (κ1) is 11.2. The first-order valence-electron chi connectivity index (χ1n) is 4.80. The number of aromatic nitrogens is 1. The highest BCUT2D eigenvalue weighted by molar-refractivity contribution is 9.11. The van der Waals surface area contributed by atoms with Crippen molar-refractivity contribution in [2.45, 2.75) is 13.3 Å². The first-order chi connectivity index (χ1) is 7.15. The molecule has 0 aliphatic heterocycles. The number of halogens is 2. The molecule has 0 radical (unpaired) electrons. The number of aromatic amines is 1. The third-order valence-corrected chi connectivity index (χ3v) is 3.89. The van der Waals surface area contributed by atoms with Crippen LogP contribution in [0.2, 0.25) is 0 Å². The highest BCUT2D eigenvalue weighted by Gasteiger charge is 2.12. The van der Waals surface area contributed by atoms with Gasteiger partial charge in [0, 0.05) is 20.0 Å². The van der Waals surface area contributed by atoms with E-state index in [1.807, 2.05) is 6.07 Å². The summed E-state index contributed by atoms with van der Waals surface area (Å²) in [4.78, 5) is 3.39. The monoisotopic (exact) mass is 330 g/mol. The molecule has 0 bridgehead atoms. The molecule has 1 aromatic heterocycles. The number of benzene rings is 1. The molecule has 80 valence electrons. The molecule has 0 saturated heterocycles. The maximum absolute atomic E-state index is 5.63. The van der Waals surface area contributed by atoms with Gasteiger partial charge < -0.3 is 10.7 Å². The largest absolute Gasteiger partial charge is 0.357 e. The smallest absolute Gasteiger partial charge is 0.0614 e. The van der Waals surface area contributed by atoms with Gasteiger partial charge >= 0.3 is 0 Å². The van der Waals surface area contributed by atoms with Crippen LogP contribution in [0.3, 0.4) is 0 Å². The van der Waals surface area contributed by atoms with E-state index in [4.69, 9.17) is 5.73 Å². The highest BCUT2D eigenvalue weighted by Crippen LogP contribution is 2.34. The topological polar surface area (TPSA) is 41.8 Å². The van der Waals surface area contributed by atoms with Crippen LogP contribution in [0.15, 0.2) is 21.1 Å². The number of nitrogens with two attached hydrogens (primary N) is 1. The van der Waals surface area contributed by atoms with Gasteiger partial charge in [0.15, 0.2) is 0 Å². The second-order valence-corrected chi connectivity index (χ2v) is 5.26. The Bertz CT molecular complexity index is 503. The molecule has 0 spiro atoms. The Hall–Kier alpha value is -0.320. The van der Waals surface area contributed by atoms with Gasteiger partial charge in [0.25, 0.3) is 0 Å². The highest BCUT2D eigenvalue weighted by atomic mass is 79.9. The Morgan fingerprint density at radius 3 is 2.60 bits per heavy atom. The maximum atomic E-state index is 5.63. The molecule has 0 aliphatic carbocycles. The van der Waals surface area contributed by atoms with Crippen LogP contribution in [0.4, 0.5) is 0 Å². The van der Waals surface area contributed by atoms with Crippen molar-refractivity contribution in [2.75, 3.05) is 6.54 Å². The fourth-order valence-electron chi connectivity index (χ4n) is 1.88. The SMILES string of the molecule is Cc1[nH]c2c(Br)ccc(Br)c2c1CCN. The summed E-state index contributed by atoms with van der Waals surface area (Å²) < 4.78 is 2.21. The van der Waals surface area contributed by atoms with Crippen molar-refractivity contribution in [3.63, 3.8) is 0 Å². The van der Waals surface area contributed by atoms with Crippen LogP contribution in [-0.2, 0) is 6.42 Å². The van der Waals surface area contributed by atoms with Crippen LogP contribution < -0.4 is 5.73 Å². The van der Waals surface area contributed by atoms with Crippen molar-refractivity contribution in [1.82, 2.24) is 4.98 Å². The molecule has 0 amide bonds. The summed E-state index contributed by atoms with van der Waals surface area (Å²) >= 11 is 7.13. The van der Waals surface area contributed by atoms with Crippen LogP contribution in [0.1, 0.15) is 11.3 Å². The van der Waals surface area contributed by atoms with Crippen molar-refractivity contribution >= 4 is 42.8 Å². The Kier molecular flexibility index (Phi) is 3.19. The van der Waals surface area contributed by atoms with E-state index in [0.29, 0.717) is 6.54 Å². The van der Waals surface area contributed by atoms with E-state index in [2.05, 4.69) is 49.8 Å². The van der Waals surface area contributed by atoms with Crippen molar-refractivity contribution in [1.29, 1.82) is 0 Å². The number of nitrogens with one attached hydrogen (secondary N) is 1. The van der Waals surface area contributed by atoms with Crippen LogP contribution in [0.5, 0.6) is 0 Å². The average molecular weight is 332 g/mol. The van der Waals surface area contributed by atoms with Gasteiger partial charge in [0.05, 0.1) is 5.52 Å². The van der Waals surface area contributed by atoms with Gasteiger partial charge in [-0.15, -0.1) is 0 Å². The number of fused-ring (bicyclic) bond motifs is 1. The Balaban J connectivity index is 2.79. The van der Waals surface area contributed by atoms with E-state index in [1.54, 1.807) is 0 Å². The molecule has 0 aliphatic rings. The zero-order valence-electron chi connectivity index (χ0n) is 8.40. The van der Waals surface area contributed by atoms with E-state index in [9.17, 15) is 0 Å². The summed E-state index contributed by atoms with van der Waals surface area (Å²) in [5, 5.41) is 1.24. The summed E-state index contributed by atoms with van der Waals surface area (Å²) in [5.41, 5.74) is 9.27. The fraction of sp³-hybridized carbons (Fsp3) is 0.273. The number of H-pyrrole nitrogens is 1. The molecule has 2 nitrogen and oxygen atoms in total. The molecule has 2 aromatic rings. The molecule has 0 saturated carbocycles. The van der Waals surface area contributed by atoms with Crippen LogP contribution in [0.25, 0.3) is 10.9 Å². The van der Waals surface area contributed by atoms with E-state index in [-0.39, 0.29) is 0 Å². The van der Waals surface area contributed by atoms with Crippen LogP contribution in [-0.4, -0.2) is 11.5 Å². The lowest BCUT2D eigenvalue weighted by molar-refractivity contribution is 0.962. The predicted octanol–water partition coefficient (Wildman–Crippen LogP) is 3.50. The minimum atomic E-state index is 0.673. The van der Waals surface area contributed by atoms with Crippen molar-refractivity contribution < 1.29 is 0 Å². The van der Waals surface area contributed by atoms with E-state index in [0.717, 1.165) is 20.9 Å². The van der Waals surface area contributed by atoms with E-state index >= 15 is 0 Å². The van der Waals surface area contributed by atoms with Gasteiger partial charge in [0.1, 0.15) is 0 Å². The quantitative estimate of drug-likeness (QED) is 0.868. The number of hydrogen-bond acceptors (Lipinski definition) is 1. The second-order valence-electron chi connectivity index (χ2n) is 3.55. The van der Waals surface area contributed by atoms with E-state index < -0.39 is 0 Å². The van der Waals surface area contributed by atoms with Gasteiger partial charge in [-0.3, -0.25) is 0 Å². The molecule has 0 unspecified atom stereocenters. The maximum Gasteiger partial charge on any atom is 0.0614 e. The number of aryl methyl sites for hydroxylation is 1. The molecule has 0 atom stereocenters. The molecular formula is C11H12Br2N2. The third-order valence-electron chi connectivity index (χ3n) is 2.56. The molecule has 4 heteroatoms. The Labute approximate surface area is 105 Å². The predicted molar refractivity (Wildman–Crippen MR) is 71.2 cm³/mol. The molecule has 15 heavy (non-hydrogen) atoms. The summed E-state index contributed by atoms with van der Waals surface area (Å²) in [5.74, 6) is 0. The standard InChI is InChI=1S/C11H12Br2N2/c1-6-7(4-5-14)10-8(12)2-3-9(13)11(10)15-6/h2-3,15H,4-5,14H2,1H3. The minimum Gasteiger partial charge on any atom is -0.357 e. The Morgan fingerprint density at radius 1 is 1.27 bits per heavy atom. The molecule has 3 N–H and O–H groups in total. The minimum absolute atomic E-state index is 0.673. The van der Waals surface area contributed by atoms with Gasteiger partial charge in [-0.2, -0.15) is 0 Å². The average Bonchev–Trinajstić information content (AvgIpc) is 2.53. The summed E-state index contributed by atoms with van der Waals surface area (Å²) in [6.07, 6.45) is 0.904. The normalized spacial score (nSPS) is 11.2. The molecular weight excluding hydrogens is 320 g/mol. The van der Waals surface area contributed by atoms with Crippen LogP contribution in [0, 0.1) is 6.92 Å². The van der Waals surface area contributed by atoms with Crippen LogP contribution >= 0.6 is 31.9 Å². The van der Waals surface area contributed by atoms with Crippen molar-refractivity contribution in [2.24, 2.45) is 5.73 Å². The van der Waals surface area contributed by atoms with Gasteiger partial charge in [0.2, 0.25) is 0 Å². The van der Waals surface area contributed by atoms with Gasteiger partial charge in [-0.05, 0) is 53.5 Å². The second kappa shape index (κ2) is 4.28. The van der Waals surface area contributed by atoms with Crippen molar-refractivity contribution in [3.8, 4) is 0 Å². The molecule has 1 aromatic carbocycles. The summed E-state index contributed by atoms with van der Waals surface area (Å²) in [6.45, 7) is 2.76. The van der Waals surface area contributed by atoms with Gasteiger partial charge in [-0.1, -0.05) is 15.9 Å². The summed E-state index contributed by atoms with van der Waals surface area (Å²) in [7, 11) is 0. The lowest BCUT2D eigenvalue weighted by Gasteiger charge is -2.01. The lowest BCUT2D eigenvalue weighted by Crippen LogP contribution is -2.03. The number of rotatable bonds is 2. The Morgan fingerprint density at radius 2 is 1.93 bits per heavy atom. The molecule has 0 fully saturated rings. The molecule has 2 rings (SSSR count). The van der Waals surface area contributed by atoms with Crippen molar-refractivity contribution in [3.05, 3.63) is 32.3 Å². The fourth-order valence-corrected chi connectivity index (χ4v) is 2.88. The van der Waals surface area contributed by atoms with E-state index in [1.165, 1.54) is 16.6 Å². The zero-order valence-corrected chi connectivity index (χ0v) is 11.6. The third kappa shape index (κ3) is 1.86. The molecule has 1 heterocycles. The zero-order chi connectivity index (χ0) is 11.0. The summed E-state index contributed by atoms with van der Waals surface area (Å²) in [6, 6.07) is 4.09. The first-order valence-corrected chi connectivity index (χ1v) is 6.39. The van der Waals surface area contributed by atoms with Gasteiger partial charge in [-0.25, -0.2) is 0 Å².